The first-order chi connectivity index (χ1) is 12.2. The van der Waals surface area contributed by atoms with E-state index in [1.165, 1.54) is 25.9 Å². The van der Waals surface area contributed by atoms with Crippen LogP contribution in [-0.2, 0) is 4.79 Å². The number of aromatic nitrogens is 2. The summed E-state index contributed by atoms with van der Waals surface area (Å²) >= 11 is 0. The molecular formula is C19H29N5O. The zero-order valence-electron chi connectivity index (χ0n) is 15.3. The summed E-state index contributed by atoms with van der Waals surface area (Å²) < 4.78 is 0. The Labute approximate surface area is 150 Å². The van der Waals surface area contributed by atoms with Crippen LogP contribution in [0.25, 0.3) is 0 Å². The number of anilines is 1. The van der Waals surface area contributed by atoms with Crippen molar-refractivity contribution < 1.29 is 4.79 Å². The largest absolute Gasteiger partial charge is 0.341 e. The Bertz CT molecular complexity index is 603. The minimum atomic E-state index is 0.0814. The van der Waals surface area contributed by atoms with Crippen molar-refractivity contribution in [1.82, 2.24) is 19.8 Å². The summed E-state index contributed by atoms with van der Waals surface area (Å²) in [5.41, 5.74) is 1.17. The van der Waals surface area contributed by atoms with Gasteiger partial charge in [-0.25, -0.2) is 9.97 Å². The van der Waals surface area contributed by atoms with E-state index in [2.05, 4.69) is 24.7 Å². The first-order valence-electron chi connectivity index (χ1n) is 9.73. The molecule has 136 valence electrons. The maximum absolute atomic E-state index is 12.5. The number of likely N-dealkylation sites (tertiary alicyclic amines) is 2. The van der Waals surface area contributed by atoms with Crippen LogP contribution in [0, 0.1) is 6.92 Å². The van der Waals surface area contributed by atoms with Gasteiger partial charge in [-0.2, -0.15) is 0 Å². The summed E-state index contributed by atoms with van der Waals surface area (Å²) in [6.07, 6.45) is 10.2. The molecule has 1 aromatic rings. The summed E-state index contributed by atoms with van der Waals surface area (Å²) in [4.78, 5) is 28.4. The molecule has 3 fully saturated rings. The van der Waals surface area contributed by atoms with E-state index >= 15 is 0 Å². The highest BCUT2D eigenvalue weighted by atomic mass is 16.2. The van der Waals surface area contributed by atoms with Gasteiger partial charge in [0.25, 0.3) is 0 Å². The molecule has 4 heterocycles. The summed E-state index contributed by atoms with van der Waals surface area (Å²) in [6, 6.07) is 0. The molecule has 0 aromatic carbocycles. The topological polar surface area (TPSA) is 52.6 Å². The fourth-order valence-electron chi connectivity index (χ4n) is 4.68. The van der Waals surface area contributed by atoms with E-state index in [0.717, 1.165) is 63.4 Å². The summed E-state index contributed by atoms with van der Waals surface area (Å²) in [5, 5.41) is 0. The molecular weight excluding hydrogens is 314 g/mol. The second kappa shape index (κ2) is 6.90. The van der Waals surface area contributed by atoms with Gasteiger partial charge in [0.2, 0.25) is 11.9 Å². The zero-order valence-corrected chi connectivity index (χ0v) is 15.3. The van der Waals surface area contributed by atoms with E-state index in [9.17, 15) is 4.79 Å². The molecule has 25 heavy (non-hydrogen) atoms. The van der Waals surface area contributed by atoms with Crippen molar-refractivity contribution in [3.63, 3.8) is 0 Å². The van der Waals surface area contributed by atoms with Crippen molar-refractivity contribution in [2.24, 2.45) is 0 Å². The smallest absolute Gasteiger partial charge is 0.225 e. The molecule has 3 aliphatic rings. The first-order valence-corrected chi connectivity index (χ1v) is 9.73. The van der Waals surface area contributed by atoms with Crippen molar-refractivity contribution in [2.45, 2.75) is 51.0 Å². The van der Waals surface area contributed by atoms with Gasteiger partial charge < -0.3 is 14.7 Å². The predicted molar refractivity (Wildman–Crippen MR) is 97.6 cm³/mol. The van der Waals surface area contributed by atoms with Crippen molar-refractivity contribution in [1.29, 1.82) is 0 Å². The van der Waals surface area contributed by atoms with Gasteiger partial charge in [-0.1, -0.05) is 0 Å². The number of piperidine rings is 1. The maximum Gasteiger partial charge on any atom is 0.225 e. The third-order valence-corrected chi connectivity index (χ3v) is 6.26. The minimum Gasteiger partial charge on any atom is -0.341 e. The summed E-state index contributed by atoms with van der Waals surface area (Å²) in [7, 11) is 0. The molecule has 0 radical (unpaired) electrons. The van der Waals surface area contributed by atoms with Gasteiger partial charge in [-0.05, 0) is 57.7 Å². The fourth-order valence-corrected chi connectivity index (χ4v) is 4.68. The second-order valence-corrected chi connectivity index (χ2v) is 7.87. The van der Waals surface area contributed by atoms with Crippen LogP contribution in [-0.4, -0.2) is 70.5 Å². The Morgan fingerprint density at radius 2 is 1.68 bits per heavy atom. The lowest BCUT2D eigenvalue weighted by Crippen LogP contribution is -2.55. The van der Waals surface area contributed by atoms with E-state index < -0.39 is 0 Å². The molecule has 0 atom stereocenters. The molecule has 6 nitrogen and oxygen atoms in total. The second-order valence-electron chi connectivity index (χ2n) is 7.87. The molecule has 3 aliphatic heterocycles. The maximum atomic E-state index is 12.5. The van der Waals surface area contributed by atoms with Crippen LogP contribution in [0.4, 0.5) is 5.95 Å². The van der Waals surface area contributed by atoms with Crippen molar-refractivity contribution in [3.8, 4) is 0 Å². The van der Waals surface area contributed by atoms with Gasteiger partial charge in [0.1, 0.15) is 0 Å². The van der Waals surface area contributed by atoms with E-state index in [-0.39, 0.29) is 5.54 Å². The number of aryl methyl sites for hydroxylation is 1. The van der Waals surface area contributed by atoms with Crippen LogP contribution in [0.15, 0.2) is 12.4 Å². The lowest BCUT2D eigenvalue weighted by Gasteiger charge is -2.45. The Balaban J connectivity index is 1.39. The van der Waals surface area contributed by atoms with Gasteiger partial charge in [0, 0.05) is 50.5 Å². The van der Waals surface area contributed by atoms with Crippen LogP contribution < -0.4 is 4.90 Å². The normalized spacial score (nSPS) is 23.8. The van der Waals surface area contributed by atoms with Crippen LogP contribution in [0.5, 0.6) is 0 Å². The van der Waals surface area contributed by atoms with Crippen molar-refractivity contribution >= 4 is 11.9 Å². The van der Waals surface area contributed by atoms with Crippen LogP contribution in [0.3, 0.4) is 0 Å². The van der Waals surface area contributed by atoms with Gasteiger partial charge >= 0.3 is 0 Å². The molecule has 0 N–H and O–H groups in total. The molecule has 6 heteroatoms. The predicted octanol–water partition coefficient (Wildman–Crippen LogP) is 1.84. The number of carbonyl (C=O) groups excluding carboxylic acids is 1. The van der Waals surface area contributed by atoms with E-state index in [0.29, 0.717) is 5.91 Å². The van der Waals surface area contributed by atoms with Gasteiger partial charge in [-0.15, -0.1) is 0 Å². The highest BCUT2D eigenvalue weighted by Crippen LogP contribution is 2.39. The Morgan fingerprint density at radius 1 is 1.00 bits per heavy atom. The highest BCUT2D eigenvalue weighted by Gasteiger charge is 2.46. The Morgan fingerprint density at radius 3 is 2.36 bits per heavy atom. The van der Waals surface area contributed by atoms with E-state index in [1.54, 1.807) is 0 Å². The molecule has 0 unspecified atom stereocenters. The molecule has 4 rings (SSSR count). The third kappa shape index (κ3) is 3.36. The average molecular weight is 343 g/mol. The molecule has 0 saturated carbocycles. The van der Waals surface area contributed by atoms with E-state index in [1.807, 2.05) is 19.3 Å². The molecule has 3 saturated heterocycles. The summed E-state index contributed by atoms with van der Waals surface area (Å²) in [5.74, 6) is 1.19. The van der Waals surface area contributed by atoms with Crippen LogP contribution >= 0.6 is 0 Å². The Hall–Kier alpha value is -1.69. The highest BCUT2D eigenvalue weighted by molar-refractivity contribution is 5.79. The third-order valence-electron chi connectivity index (χ3n) is 6.26. The summed E-state index contributed by atoms with van der Waals surface area (Å²) in [6.45, 7) is 8.24. The average Bonchev–Trinajstić information content (AvgIpc) is 3.24. The number of carbonyl (C=O) groups is 1. The molecule has 1 amide bonds. The molecule has 0 aliphatic carbocycles. The number of nitrogens with zero attached hydrogens (tertiary/aromatic N) is 5. The molecule has 1 aromatic heterocycles. The van der Waals surface area contributed by atoms with E-state index in [4.69, 9.17) is 0 Å². The monoisotopic (exact) mass is 343 g/mol. The number of rotatable bonds is 4. The fraction of sp³-hybridized carbons (Fsp3) is 0.737. The number of amides is 1. The van der Waals surface area contributed by atoms with Crippen LogP contribution in [0.1, 0.15) is 44.1 Å². The van der Waals surface area contributed by atoms with Crippen LogP contribution in [0.2, 0.25) is 0 Å². The van der Waals surface area contributed by atoms with Gasteiger partial charge in [0.15, 0.2) is 0 Å². The minimum absolute atomic E-state index is 0.0814. The van der Waals surface area contributed by atoms with Crippen molar-refractivity contribution in [3.05, 3.63) is 18.0 Å². The SMILES string of the molecule is Cc1cnc(N2CCC3(CCC(=O)N3CCN3CCCC3)CC2)nc1. The van der Waals surface area contributed by atoms with Gasteiger partial charge in [0.05, 0.1) is 0 Å². The molecule has 1 spiro atoms. The van der Waals surface area contributed by atoms with Crippen molar-refractivity contribution in [2.75, 3.05) is 44.2 Å². The Kier molecular flexibility index (Phi) is 4.63. The quantitative estimate of drug-likeness (QED) is 0.835. The van der Waals surface area contributed by atoms with Gasteiger partial charge in [-0.3, -0.25) is 4.79 Å². The molecule has 0 bridgehead atoms. The lowest BCUT2D eigenvalue weighted by molar-refractivity contribution is -0.132. The zero-order chi connectivity index (χ0) is 17.3. The number of hydrogen-bond acceptors (Lipinski definition) is 5. The number of hydrogen-bond donors (Lipinski definition) is 0. The first kappa shape index (κ1) is 16.8. The lowest BCUT2D eigenvalue weighted by atomic mass is 9.85. The standard InChI is InChI=1S/C19H29N5O/c1-16-14-20-18(21-15-16)23-10-6-19(7-11-23)5-4-17(25)24(19)13-12-22-8-2-3-9-22/h14-15H,2-13H2,1H3.